The molecule has 2 amide bonds. The first-order valence-corrected chi connectivity index (χ1v) is 6.74. The second-order valence-electron chi connectivity index (χ2n) is 4.39. The van der Waals surface area contributed by atoms with Gasteiger partial charge in [0.2, 0.25) is 5.91 Å². The normalized spacial score (nSPS) is 16.9. The maximum atomic E-state index is 11.8. The molecule has 1 saturated heterocycles. The minimum absolute atomic E-state index is 0.0949. The van der Waals surface area contributed by atoms with Gasteiger partial charge >= 0.3 is 0 Å². The van der Waals surface area contributed by atoms with Crippen LogP contribution in [0.15, 0.2) is 5.38 Å². The van der Waals surface area contributed by atoms with Crippen LogP contribution in [0, 0.1) is 0 Å². The summed E-state index contributed by atoms with van der Waals surface area (Å²) in [5, 5.41) is 4.81. The SMILES string of the molecule is CC(CN1CCCC1=O)NC(=O)c1csc(N)n1. The molecule has 0 spiro atoms. The molecule has 2 heterocycles. The van der Waals surface area contributed by atoms with E-state index >= 15 is 0 Å². The second kappa shape index (κ2) is 5.34. The minimum atomic E-state index is -0.248. The summed E-state index contributed by atoms with van der Waals surface area (Å²) in [6.07, 6.45) is 1.52. The number of thiazole rings is 1. The number of hydrogen-bond donors (Lipinski definition) is 2. The Morgan fingerprint density at radius 3 is 3.06 bits per heavy atom. The molecule has 1 aromatic rings. The van der Waals surface area contributed by atoms with E-state index in [0.717, 1.165) is 13.0 Å². The monoisotopic (exact) mass is 268 g/mol. The van der Waals surface area contributed by atoms with Crippen molar-refractivity contribution in [2.75, 3.05) is 18.8 Å². The number of anilines is 1. The zero-order valence-electron chi connectivity index (χ0n) is 10.2. The molecule has 18 heavy (non-hydrogen) atoms. The van der Waals surface area contributed by atoms with E-state index in [0.29, 0.717) is 23.8 Å². The predicted octanol–water partition coefficient (Wildman–Crippen LogP) is 0.466. The molecule has 0 radical (unpaired) electrons. The van der Waals surface area contributed by atoms with Crippen LogP contribution in [-0.2, 0) is 4.79 Å². The van der Waals surface area contributed by atoms with E-state index in [9.17, 15) is 9.59 Å². The predicted molar refractivity (Wildman–Crippen MR) is 69.3 cm³/mol. The summed E-state index contributed by atoms with van der Waals surface area (Å²) < 4.78 is 0. The summed E-state index contributed by atoms with van der Waals surface area (Å²) in [6, 6.07) is -0.0949. The van der Waals surface area contributed by atoms with Gasteiger partial charge in [0.05, 0.1) is 0 Å². The quantitative estimate of drug-likeness (QED) is 0.830. The third kappa shape index (κ3) is 2.98. The fraction of sp³-hybridized carbons (Fsp3) is 0.545. The van der Waals surface area contributed by atoms with Crippen molar-refractivity contribution in [2.24, 2.45) is 0 Å². The highest BCUT2D eigenvalue weighted by molar-refractivity contribution is 7.13. The molecule has 0 aromatic carbocycles. The molecule has 0 bridgehead atoms. The first kappa shape index (κ1) is 12.8. The number of amides is 2. The van der Waals surface area contributed by atoms with Gasteiger partial charge in [-0.15, -0.1) is 11.3 Å². The van der Waals surface area contributed by atoms with Gasteiger partial charge in [-0.3, -0.25) is 9.59 Å². The number of carbonyl (C=O) groups excluding carboxylic acids is 2. The Kier molecular flexibility index (Phi) is 3.81. The Morgan fingerprint density at radius 1 is 1.72 bits per heavy atom. The molecular weight excluding hydrogens is 252 g/mol. The van der Waals surface area contributed by atoms with Crippen LogP contribution in [0.4, 0.5) is 5.13 Å². The largest absolute Gasteiger partial charge is 0.375 e. The average Bonchev–Trinajstić information content (AvgIpc) is 2.89. The van der Waals surface area contributed by atoms with Crippen LogP contribution in [0.1, 0.15) is 30.3 Å². The topological polar surface area (TPSA) is 88.3 Å². The Hall–Kier alpha value is -1.63. The van der Waals surface area contributed by atoms with Crippen LogP contribution >= 0.6 is 11.3 Å². The number of likely N-dealkylation sites (tertiary alicyclic amines) is 1. The maximum Gasteiger partial charge on any atom is 0.271 e. The average molecular weight is 268 g/mol. The molecule has 2 rings (SSSR count). The van der Waals surface area contributed by atoms with E-state index in [-0.39, 0.29) is 17.9 Å². The van der Waals surface area contributed by atoms with E-state index in [2.05, 4.69) is 10.3 Å². The fourth-order valence-electron chi connectivity index (χ4n) is 1.96. The smallest absolute Gasteiger partial charge is 0.271 e. The van der Waals surface area contributed by atoms with Crippen LogP contribution < -0.4 is 11.1 Å². The van der Waals surface area contributed by atoms with Crippen molar-refractivity contribution in [1.29, 1.82) is 0 Å². The highest BCUT2D eigenvalue weighted by Gasteiger charge is 2.22. The zero-order chi connectivity index (χ0) is 13.1. The van der Waals surface area contributed by atoms with Crippen LogP contribution in [0.2, 0.25) is 0 Å². The first-order valence-electron chi connectivity index (χ1n) is 5.86. The number of nitrogen functional groups attached to an aromatic ring is 1. The summed E-state index contributed by atoms with van der Waals surface area (Å²) >= 11 is 1.23. The maximum absolute atomic E-state index is 11.8. The minimum Gasteiger partial charge on any atom is -0.375 e. The summed E-state index contributed by atoms with van der Waals surface area (Å²) in [6.45, 7) is 3.20. The van der Waals surface area contributed by atoms with Gasteiger partial charge < -0.3 is 16.0 Å². The van der Waals surface area contributed by atoms with Crippen molar-refractivity contribution in [3.8, 4) is 0 Å². The van der Waals surface area contributed by atoms with E-state index in [1.165, 1.54) is 11.3 Å². The third-order valence-electron chi connectivity index (χ3n) is 2.80. The van der Waals surface area contributed by atoms with Crippen molar-refractivity contribution in [3.63, 3.8) is 0 Å². The lowest BCUT2D eigenvalue weighted by molar-refractivity contribution is -0.127. The van der Waals surface area contributed by atoms with Gasteiger partial charge in [0.1, 0.15) is 5.69 Å². The van der Waals surface area contributed by atoms with Crippen LogP contribution in [0.5, 0.6) is 0 Å². The Morgan fingerprint density at radius 2 is 2.50 bits per heavy atom. The highest BCUT2D eigenvalue weighted by atomic mass is 32.1. The van der Waals surface area contributed by atoms with Crippen LogP contribution in [0.3, 0.4) is 0 Å². The Bertz CT molecular complexity index is 460. The molecule has 0 saturated carbocycles. The summed E-state index contributed by atoms with van der Waals surface area (Å²) in [5.74, 6) is -0.0869. The van der Waals surface area contributed by atoms with Gasteiger partial charge in [-0.2, -0.15) is 0 Å². The number of rotatable bonds is 4. The second-order valence-corrected chi connectivity index (χ2v) is 5.28. The molecule has 1 unspecified atom stereocenters. The lowest BCUT2D eigenvalue weighted by Crippen LogP contribution is -2.42. The van der Waals surface area contributed by atoms with Crippen molar-refractivity contribution < 1.29 is 9.59 Å². The van der Waals surface area contributed by atoms with Gasteiger partial charge in [-0.25, -0.2) is 4.98 Å². The van der Waals surface area contributed by atoms with Gasteiger partial charge in [0.25, 0.3) is 5.91 Å². The van der Waals surface area contributed by atoms with Crippen molar-refractivity contribution in [2.45, 2.75) is 25.8 Å². The molecule has 1 fully saturated rings. The summed E-state index contributed by atoms with van der Waals surface area (Å²) in [5.41, 5.74) is 5.80. The first-order chi connectivity index (χ1) is 8.56. The number of aromatic nitrogens is 1. The Labute approximate surface area is 109 Å². The van der Waals surface area contributed by atoms with E-state index in [1.807, 2.05) is 6.92 Å². The molecule has 1 aliphatic rings. The molecule has 98 valence electrons. The molecule has 3 N–H and O–H groups in total. The number of nitrogens with two attached hydrogens (primary N) is 1. The molecule has 7 heteroatoms. The van der Waals surface area contributed by atoms with Gasteiger partial charge in [0, 0.05) is 30.9 Å². The zero-order valence-corrected chi connectivity index (χ0v) is 11.0. The molecule has 0 aliphatic carbocycles. The molecule has 1 aliphatic heterocycles. The highest BCUT2D eigenvalue weighted by Crippen LogP contribution is 2.12. The van der Waals surface area contributed by atoms with E-state index < -0.39 is 0 Å². The number of carbonyl (C=O) groups is 2. The summed E-state index contributed by atoms with van der Waals surface area (Å²) in [7, 11) is 0. The third-order valence-corrected chi connectivity index (χ3v) is 3.47. The molecular formula is C11H16N4O2S. The van der Waals surface area contributed by atoms with Crippen molar-refractivity contribution in [1.82, 2.24) is 15.2 Å². The lowest BCUT2D eigenvalue weighted by atomic mass is 10.3. The molecule has 1 aromatic heterocycles. The van der Waals surface area contributed by atoms with Gasteiger partial charge in [-0.1, -0.05) is 0 Å². The molecule has 1 atom stereocenters. The Balaban J connectivity index is 1.85. The van der Waals surface area contributed by atoms with Crippen molar-refractivity contribution >= 4 is 28.3 Å². The van der Waals surface area contributed by atoms with E-state index in [1.54, 1.807) is 10.3 Å². The summed E-state index contributed by atoms with van der Waals surface area (Å²) in [4.78, 5) is 28.9. The standard InChI is InChI=1S/C11H16N4O2S/c1-7(5-15-4-2-3-9(15)16)13-10(17)8-6-18-11(12)14-8/h6-7H,2-5H2,1H3,(H2,12,14)(H,13,17). The number of nitrogens with one attached hydrogen (secondary N) is 1. The lowest BCUT2D eigenvalue weighted by Gasteiger charge is -2.21. The van der Waals surface area contributed by atoms with Crippen molar-refractivity contribution in [3.05, 3.63) is 11.1 Å². The fourth-order valence-corrected chi connectivity index (χ4v) is 2.51. The molecule has 6 nitrogen and oxygen atoms in total. The van der Waals surface area contributed by atoms with Gasteiger partial charge in [0.15, 0.2) is 5.13 Å². The van der Waals surface area contributed by atoms with Gasteiger partial charge in [-0.05, 0) is 13.3 Å². The van der Waals surface area contributed by atoms with Crippen LogP contribution in [-0.4, -0.2) is 40.8 Å². The number of nitrogens with zero attached hydrogens (tertiary/aromatic N) is 2. The number of hydrogen-bond acceptors (Lipinski definition) is 5. The van der Waals surface area contributed by atoms with Crippen LogP contribution in [0.25, 0.3) is 0 Å². The van der Waals surface area contributed by atoms with E-state index in [4.69, 9.17) is 5.73 Å².